The second-order valence-electron chi connectivity index (χ2n) is 9.10. The summed E-state index contributed by atoms with van der Waals surface area (Å²) < 4.78 is 5.98. The summed E-state index contributed by atoms with van der Waals surface area (Å²) in [5.41, 5.74) is -0.762. The average Bonchev–Trinajstić information content (AvgIpc) is 2.60. The van der Waals surface area contributed by atoms with Crippen molar-refractivity contribution in [2.24, 2.45) is 17.3 Å². The topological polar surface area (TPSA) is 104 Å². The van der Waals surface area contributed by atoms with E-state index in [0.29, 0.717) is 0 Å². The molecule has 26 heavy (non-hydrogen) atoms. The Morgan fingerprint density at radius 1 is 0.962 bits per heavy atom. The maximum absolute atomic E-state index is 12.6. The molecular weight excluding hydrogens is 336 g/mol. The molecule has 2 saturated carbocycles. The number of rotatable bonds is 5. The van der Waals surface area contributed by atoms with Crippen molar-refractivity contribution in [3.05, 3.63) is 0 Å². The molecule has 2 aliphatic rings. The Balaban J connectivity index is 2.33. The van der Waals surface area contributed by atoms with Gasteiger partial charge in [0.2, 0.25) is 0 Å². The number of esters is 1. The van der Waals surface area contributed by atoms with Crippen LogP contribution in [0, 0.1) is 17.3 Å². The van der Waals surface area contributed by atoms with Crippen molar-refractivity contribution in [2.45, 2.75) is 96.4 Å². The third-order valence-electron chi connectivity index (χ3n) is 6.33. The third kappa shape index (κ3) is 4.39. The summed E-state index contributed by atoms with van der Waals surface area (Å²) >= 11 is 0. The third-order valence-corrected chi connectivity index (χ3v) is 6.33. The van der Waals surface area contributed by atoms with Gasteiger partial charge in [0.25, 0.3) is 0 Å². The van der Waals surface area contributed by atoms with E-state index in [1.54, 1.807) is 0 Å². The maximum atomic E-state index is 12.6. The molecule has 0 radical (unpaired) electrons. The summed E-state index contributed by atoms with van der Waals surface area (Å²) in [5.74, 6) is -2.28. The zero-order chi connectivity index (χ0) is 19.5. The van der Waals surface area contributed by atoms with Crippen LogP contribution in [0.4, 0.5) is 0 Å². The number of carboxylic acid groups (broad SMARTS) is 1. The van der Waals surface area contributed by atoms with Crippen molar-refractivity contribution in [3.63, 3.8) is 0 Å². The molecule has 0 bridgehead atoms. The summed E-state index contributed by atoms with van der Waals surface area (Å²) in [6.07, 6.45) is 4.84. The maximum Gasteiger partial charge on any atom is 0.338 e. The molecule has 2 fully saturated rings. The molecule has 4 atom stereocenters. The Morgan fingerprint density at radius 2 is 1.54 bits per heavy atom. The van der Waals surface area contributed by atoms with Crippen LogP contribution >= 0.6 is 0 Å². The fourth-order valence-corrected chi connectivity index (χ4v) is 5.13. The van der Waals surface area contributed by atoms with Crippen LogP contribution in [0.1, 0.15) is 78.6 Å². The number of ether oxygens (including phenoxy) is 1. The van der Waals surface area contributed by atoms with Gasteiger partial charge in [0.15, 0.2) is 12.2 Å². The highest BCUT2D eigenvalue weighted by molar-refractivity contribution is 5.84. The summed E-state index contributed by atoms with van der Waals surface area (Å²) in [4.78, 5) is 23.5. The number of aliphatic hydroxyl groups is 2. The second-order valence-corrected chi connectivity index (χ2v) is 9.10. The lowest BCUT2D eigenvalue weighted by atomic mass is 9.57. The fourth-order valence-electron chi connectivity index (χ4n) is 5.13. The zero-order valence-electron chi connectivity index (χ0n) is 16.2. The molecule has 6 heteroatoms. The molecule has 3 N–H and O–H groups in total. The van der Waals surface area contributed by atoms with Crippen LogP contribution < -0.4 is 0 Å². The first-order valence-corrected chi connectivity index (χ1v) is 9.91. The van der Waals surface area contributed by atoms with E-state index in [1.165, 1.54) is 6.42 Å². The van der Waals surface area contributed by atoms with E-state index in [0.717, 1.165) is 51.4 Å². The Labute approximate surface area is 155 Å². The first kappa shape index (κ1) is 21.2. The van der Waals surface area contributed by atoms with Gasteiger partial charge in [-0.2, -0.15) is 0 Å². The van der Waals surface area contributed by atoms with E-state index < -0.39 is 29.7 Å². The number of hydrogen-bond acceptors (Lipinski definition) is 5. The minimum absolute atomic E-state index is 0.0749. The zero-order valence-corrected chi connectivity index (χ0v) is 16.2. The molecule has 2 rings (SSSR count). The van der Waals surface area contributed by atoms with Crippen LogP contribution in [0.25, 0.3) is 0 Å². The average molecular weight is 370 g/mol. The molecule has 0 amide bonds. The monoisotopic (exact) mass is 370 g/mol. The highest BCUT2D eigenvalue weighted by atomic mass is 16.6. The van der Waals surface area contributed by atoms with Crippen LogP contribution in [-0.2, 0) is 14.3 Å². The molecule has 4 unspecified atom stereocenters. The van der Waals surface area contributed by atoms with Crippen LogP contribution in [0.15, 0.2) is 0 Å². The standard InChI is InChI=1S/C20H34O6/c1-19(2,3)14-11-7-8-12-20(14,13-9-5-4-6-10-13)26-18(25)16(22)15(21)17(23)24/h13-16,21-22H,4-12H2,1-3H3,(H,23,24). The molecule has 0 spiro atoms. The predicted octanol–water partition coefficient (Wildman–Crippen LogP) is 2.89. The summed E-state index contributed by atoms with van der Waals surface area (Å²) in [7, 11) is 0. The number of carbonyl (C=O) groups excluding carboxylic acids is 1. The molecule has 0 heterocycles. The minimum atomic E-state index is -2.16. The molecule has 2 aliphatic carbocycles. The number of aliphatic hydroxyl groups excluding tert-OH is 2. The summed E-state index contributed by atoms with van der Waals surface area (Å²) in [6, 6.07) is 0. The minimum Gasteiger partial charge on any atom is -0.479 e. The molecule has 0 aliphatic heterocycles. The molecule has 0 aromatic carbocycles. The van der Waals surface area contributed by atoms with Crippen LogP contribution in [-0.4, -0.2) is 45.1 Å². The molecular formula is C20H34O6. The van der Waals surface area contributed by atoms with Gasteiger partial charge in [-0.1, -0.05) is 46.5 Å². The first-order chi connectivity index (χ1) is 12.1. The fraction of sp³-hybridized carbons (Fsp3) is 0.900. The van der Waals surface area contributed by atoms with Gasteiger partial charge in [0, 0.05) is 5.92 Å². The number of carbonyl (C=O) groups is 2. The van der Waals surface area contributed by atoms with Crippen molar-refractivity contribution in [3.8, 4) is 0 Å². The van der Waals surface area contributed by atoms with Crippen LogP contribution in [0.2, 0.25) is 0 Å². The summed E-state index contributed by atoms with van der Waals surface area (Å²) in [5, 5.41) is 28.4. The number of aliphatic carboxylic acids is 1. The van der Waals surface area contributed by atoms with Gasteiger partial charge in [0.1, 0.15) is 5.60 Å². The smallest absolute Gasteiger partial charge is 0.338 e. The summed E-state index contributed by atoms with van der Waals surface area (Å²) in [6.45, 7) is 6.45. The molecule has 6 nitrogen and oxygen atoms in total. The van der Waals surface area contributed by atoms with E-state index in [2.05, 4.69) is 20.8 Å². The van der Waals surface area contributed by atoms with Gasteiger partial charge in [-0.25, -0.2) is 9.59 Å². The van der Waals surface area contributed by atoms with Crippen molar-refractivity contribution < 1.29 is 29.6 Å². The van der Waals surface area contributed by atoms with Crippen molar-refractivity contribution >= 4 is 11.9 Å². The van der Waals surface area contributed by atoms with Gasteiger partial charge in [-0.3, -0.25) is 0 Å². The lowest BCUT2D eigenvalue weighted by molar-refractivity contribution is -0.209. The molecule has 0 saturated heterocycles. The van der Waals surface area contributed by atoms with Gasteiger partial charge >= 0.3 is 11.9 Å². The largest absolute Gasteiger partial charge is 0.479 e. The molecule has 0 aromatic heterocycles. The van der Waals surface area contributed by atoms with Crippen LogP contribution in [0.5, 0.6) is 0 Å². The van der Waals surface area contributed by atoms with Crippen molar-refractivity contribution in [1.82, 2.24) is 0 Å². The van der Waals surface area contributed by atoms with Gasteiger partial charge in [-0.05, 0) is 43.4 Å². The van der Waals surface area contributed by atoms with E-state index in [-0.39, 0.29) is 17.3 Å². The van der Waals surface area contributed by atoms with Crippen molar-refractivity contribution in [1.29, 1.82) is 0 Å². The Hall–Kier alpha value is -1.14. The van der Waals surface area contributed by atoms with Gasteiger partial charge in [-0.15, -0.1) is 0 Å². The first-order valence-electron chi connectivity index (χ1n) is 9.91. The Kier molecular flexibility index (Phi) is 6.72. The van der Waals surface area contributed by atoms with Crippen molar-refractivity contribution in [2.75, 3.05) is 0 Å². The highest BCUT2D eigenvalue weighted by Crippen LogP contribution is 2.53. The normalized spacial score (nSPS) is 30.4. The Bertz CT molecular complexity index is 505. The predicted molar refractivity (Wildman–Crippen MR) is 96.5 cm³/mol. The van der Waals surface area contributed by atoms with Gasteiger partial charge in [0.05, 0.1) is 0 Å². The van der Waals surface area contributed by atoms with E-state index in [1.807, 2.05) is 0 Å². The second kappa shape index (κ2) is 8.26. The van der Waals surface area contributed by atoms with E-state index in [4.69, 9.17) is 9.84 Å². The van der Waals surface area contributed by atoms with E-state index in [9.17, 15) is 19.8 Å². The lowest BCUT2D eigenvalue weighted by Gasteiger charge is -2.54. The highest BCUT2D eigenvalue weighted by Gasteiger charge is 2.54. The lowest BCUT2D eigenvalue weighted by Crippen LogP contribution is -2.57. The van der Waals surface area contributed by atoms with E-state index >= 15 is 0 Å². The quantitative estimate of drug-likeness (QED) is 0.643. The van der Waals surface area contributed by atoms with Crippen LogP contribution in [0.3, 0.4) is 0 Å². The molecule has 150 valence electrons. The molecule has 0 aromatic rings. The van der Waals surface area contributed by atoms with Gasteiger partial charge < -0.3 is 20.1 Å². The SMILES string of the molecule is CC(C)(C)C1CCCCC1(OC(=O)C(O)C(O)C(=O)O)C1CCCCC1. The number of hydrogen-bond donors (Lipinski definition) is 3. The number of carboxylic acids is 1. The Morgan fingerprint density at radius 3 is 2.08 bits per heavy atom.